The molecule has 0 aliphatic carbocycles. The predicted molar refractivity (Wildman–Crippen MR) is 84.3 cm³/mol. The SMILES string of the molecule is O=C(c1ccco1)N1CCCN(S(=O)(=O)c2ccc(F)cc2F)CC1. The molecule has 25 heavy (non-hydrogen) atoms. The van der Waals surface area contributed by atoms with E-state index in [1.807, 2.05) is 0 Å². The summed E-state index contributed by atoms with van der Waals surface area (Å²) in [7, 11) is -4.11. The highest BCUT2D eigenvalue weighted by Gasteiger charge is 2.31. The van der Waals surface area contributed by atoms with Gasteiger partial charge in [0.15, 0.2) is 5.76 Å². The molecule has 0 saturated carbocycles. The van der Waals surface area contributed by atoms with Crippen molar-refractivity contribution in [2.75, 3.05) is 26.2 Å². The van der Waals surface area contributed by atoms with Gasteiger partial charge in [0, 0.05) is 32.2 Å². The standard InChI is InChI=1S/C16H16F2N2O4S/c17-12-4-5-15(13(18)11-12)25(22,23)20-7-2-6-19(8-9-20)16(21)14-3-1-10-24-14/h1,3-5,10-11H,2,6-9H2. The lowest BCUT2D eigenvalue weighted by Crippen LogP contribution is -2.37. The fraction of sp³-hybridized carbons (Fsp3) is 0.312. The molecule has 0 atom stereocenters. The van der Waals surface area contributed by atoms with Gasteiger partial charge in [0.25, 0.3) is 5.91 Å². The normalized spacial score (nSPS) is 16.6. The fourth-order valence-electron chi connectivity index (χ4n) is 2.72. The zero-order valence-corrected chi connectivity index (χ0v) is 14.0. The zero-order chi connectivity index (χ0) is 18.0. The third kappa shape index (κ3) is 3.57. The van der Waals surface area contributed by atoms with Crippen LogP contribution in [0.3, 0.4) is 0 Å². The molecule has 2 aromatic rings. The van der Waals surface area contributed by atoms with Crippen LogP contribution in [0.25, 0.3) is 0 Å². The predicted octanol–water partition coefficient (Wildman–Crippen LogP) is 2.09. The molecular weight excluding hydrogens is 354 g/mol. The third-order valence-corrected chi connectivity index (χ3v) is 5.92. The van der Waals surface area contributed by atoms with Crippen molar-refractivity contribution in [2.45, 2.75) is 11.3 Å². The molecule has 1 aromatic carbocycles. The first-order valence-electron chi connectivity index (χ1n) is 7.67. The van der Waals surface area contributed by atoms with Gasteiger partial charge in [-0.25, -0.2) is 17.2 Å². The first-order valence-corrected chi connectivity index (χ1v) is 9.11. The highest BCUT2D eigenvalue weighted by atomic mass is 32.2. The second-order valence-electron chi connectivity index (χ2n) is 5.60. The molecule has 134 valence electrons. The lowest BCUT2D eigenvalue weighted by atomic mass is 10.3. The molecule has 0 spiro atoms. The molecule has 0 N–H and O–H groups in total. The minimum Gasteiger partial charge on any atom is -0.459 e. The number of carbonyl (C=O) groups excluding carboxylic acids is 1. The Hall–Kier alpha value is -2.26. The van der Waals surface area contributed by atoms with Crippen molar-refractivity contribution in [3.8, 4) is 0 Å². The van der Waals surface area contributed by atoms with Crippen molar-refractivity contribution in [1.82, 2.24) is 9.21 Å². The summed E-state index contributed by atoms with van der Waals surface area (Å²) in [5.74, 6) is -2.12. The Kier molecular flexibility index (Phi) is 4.87. The van der Waals surface area contributed by atoms with Crippen LogP contribution in [0.2, 0.25) is 0 Å². The maximum Gasteiger partial charge on any atom is 0.289 e. The second kappa shape index (κ2) is 6.93. The number of benzene rings is 1. The summed E-state index contributed by atoms with van der Waals surface area (Å²) in [5, 5.41) is 0. The van der Waals surface area contributed by atoms with Crippen LogP contribution < -0.4 is 0 Å². The van der Waals surface area contributed by atoms with Crippen LogP contribution >= 0.6 is 0 Å². The van der Waals surface area contributed by atoms with Gasteiger partial charge in [0.2, 0.25) is 10.0 Å². The molecule has 6 nitrogen and oxygen atoms in total. The summed E-state index contributed by atoms with van der Waals surface area (Å²) in [4.78, 5) is 13.2. The summed E-state index contributed by atoms with van der Waals surface area (Å²) >= 11 is 0. The van der Waals surface area contributed by atoms with E-state index in [9.17, 15) is 22.0 Å². The van der Waals surface area contributed by atoms with Gasteiger partial charge in [-0.3, -0.25) is 4.79 Å². The van der Waals surface area contributed by atoms with Crippen LogP contribution in [-0.4, -0.2) is 49.7 Å². The van der Waals surface area contributed by atoms with Crippen LogP contribution in [0, 0.1) is 11.6 Å². The molecule has 1 amide bonds. The summed E-state index contributed by atoms with van der Waals surface area (Å²) in [5.41, 5.74) is 0. The van der Waals surface area contributed by atoms with E-state index in [1.54, 1.807) is 6.07 Å². The van der Waals surface area contributed by atoms with Crippen molar-refractivity contribution >= 4 is 15.9 Å². The molecule has 0 bridgehead atoms. The van der Waals surface area contributed by atoms with Gasteiger partial charge >= 0.3 is 0 Å². The van der Waals surface area contributed by atoms with Crippen molar-refractivity contribution in [2.24, 2.45) is 0 Å². The van der Waals surface area contributed by atoms with Crippen LogP contribution in [0.1, 0.15) is 17.0 Å². The summed E-state index contributed by atoms with van der Waals surface area (Å²) < 4.78 is 58.3. The summed E-state index contributed by atoms with van der Waals surface area (Å²) in [6, 6.07) is 5.49. The molecule has 3 rings (SSSR count). The monoisotopic (exact) mass is 370 g/mol. The molecule has 1 aliphatic rings. The van der Waals surface area contributed by atoms with E-state index in [-0.39, 0.29) is 31.3 Å². The van der Waals surface area contributed by atoms with Crippen molar-refractivity contribution in [3.05, 3.63) is 54.0 Å². The van der Waals surface area contributed by atoms with Crippen molar-refractivity contribution in [3.63, 3.8) is 0 Å². The number of carbonyl (C=O) groups is 1. The number of sulfonamides is 1. The van der Waals surface area contributed by atoms with Crippen LogP contribution in [0.4, 0.5) is 8.78 Å². The van der Waals surface area contributed by atoms with Crippen LogP contribution in [-0.2, 0) is 10.0 Å². The highest BCUT2D eigenvalue weighted by molar-refractivity contribution is 7.89. The van der Waals surface area contributed by atoms with E-state index < -0.39 is 26.6 Å². The number of furan rings is 1. The largest absolute Gasteiger partial charge is 0.459 e. The van der Waals surface area contributed by atoms with Crippen LogP contribution in [0.15, 0.2) is 45.9 Å². The minimum atomic E-state index is -4.11. The smallest absolute Gasteiger partial charge is 0.289 e. The maximum atomic E-state index is 13.9. The van der Waals surface area contributed by atoms with Gasteiger partial charge in [-0.15, -0.1) is 0 Å². The number of hydrogen-bond acceptors (Lipinski definition) is 4. The molecule has 2 heterocycles. The molecule has 0 unspecified atom stereocenters. The lowest BCUT2D eigenvalue weighted by molar-refractivity contribution is 0.0732. The Labute approximate surface area is 143 Å². The molecule has 1 aliphatic heterocycles. The molecule has 1 aromatic heterocycles. The van der Waals surface area contributed by atoms with E-state index in [0.29, 0.717) is 19.0 Å². The Bertz CT molecular complexity index is 868. The first-order chi connectivity index (χ1) is 11.9. The van der Waals surface area contributed by atoms with E-state index in [0.717, 1.165) is 16.4 Å². The average Bonchev–Trinajstić information content (AvgIpc) is 2.97. The van der Waals surface area contributed by atoms with E-state index in [4.69, 9.17) is 4.42 Å². The second-order valence-corrected chi connectivity index (χ2v) is 7.51. The molecule has 1 fully saturated rings. The first kappa shape index (κ1) is 17.6. The summed E-state index contributed by atoms with van der Waals surface area (Å²) in [6.07, 6.45) is 1.79. The summed E-state index contributed by atoms with van der Waals surface area (Å²) in [6.45, 7) is 0.672. The van der Waals surface area contributed by atoms with Gasteiger partial charge in [0.05, 0.1) is 6.26 Å². The fourth-order valence-corrected chi connectivity index (χ4v) is 4.23. The molecule has 1 saturated heterocycles. The molecule has 0 radical (unpaired) electrons. The number of halogens is 2. The third-order valence-electron chi connectivity index (χ3n) is 3.99. The van der Waals surface area contributed by atoms with E-state index in [1.165, 1.54) is 17.2 Å². The Morgan fingerprint density at radius 2 is 1.88 bits per heavy atom. The molecule has 9 heteroatoms. The Morgan fingerprint density at radius 3 is 2.56 bits per heavy atom. The van der Waals surface area contributed by atoms with E-state index >= 15 is 0 Å². The zero-order valence-electron chi connectivity index (χ0n) is 13.2. The minimum absolute atomic E-state index is 0.0194. The van der Waals surface area contributed by atoms with Gasteiger partial charge in [-0.1, -0.05) is 0 Å². The number of rotatable bonds is 3. The lowest BCUT2D eigenvalue weighted by Gasteiger charge is -2.21. The van der Waals surface area contributed by atoms with Gasteiger partial charge in [0.1, 0.15) is 16.5 Å². The van der Waals surface area contributed by atoms with Gasteiger partial charge in [-0.05, 0) is 30.7 Å². The number of amides is 1. The number of hydrogen-bond donors (Lipinski definition) is 0. The maximum absolute atomic E-state index is 13.9. The van der Waals surface area contributed by atoms with Gasteiger partial charge < -0.3 is 9.32 Å². The van der Waals surface area contributed by atoms with E-state index in [2.05, 4.69) is 0 Å². The Morgan fingerprint density at radius 1 is 1.08 bits per heavy atom. The van der Waals surface area contributed by atoms with Crippen molar-refractivity contribution < 1.29 is 26.4 Å². The van der Waals surface area contributed by atoms with Crippen LogP contribution in [0.5, 0.6) is 0 Å². The van der Waals surface area contributed by atoms with Crippen molar-refractivity contribution in [1.29, 1.82) is 0 Å². The molecular formula is C16H16F2N2O4S. The van der Waals surface area contributed by atoms with Gasteiger partial charge in [-0.2, -0.15) is 4.31 Å². The highest BCUT2D eigenvalue weighted by Crippen LogP contribution is 2.22. The number of nitrogens with zero attached hydrogens (tertiary/aromatic N) is 2. The average molecular weight is 370 g/mol. The quantitative estimate of drug-likeness (QED) is 0.830. The Balaban J connectivity index is 1.77. The topological polar surface area (TPSA) is 70.8 Å².